The molecule has 0 radical (unpaired) electrons. The molecule has 0 bridgehead atoms. The highest BCUT2D eigenvalue weighted by atomic mass is 79.9. The van der Waals surface area contributed by atoms with E-state index in [1.165, 1.54) is 16.5 Å². The van der Waals surface area contributed by atoms with E-state index in [0.717, 1.165) is 5.39 Å². The number of alkyl halides is 2. The predicted octanol–water partition coefficient (Wildman–Crippen LogP) is 6.03. The van der Waals surface area contributed by atoms with Crippen LogP contribution in [-0.4, -0.2) is 0 Å². The lowest BCUT2D eigenvalue weighted by Gasteiger charge is -2.06. The van der Waals surface area contributed by atoms with Gasteiger partial charge in [0, 0.05) is 15.4 Å². The zero-order valence-corrected chi connectivity index (χ0v) is 12.7. The van der Waals surface area contributed by atoms with Crippen molar-refractivity contribution in [3.05, 3.63) is 45.4 Å². The smallest absolute Gasteiger partial charge is 0.0567 e. The molecule has 0 aliphatic heterocycles. The Morgan fingerprint density at radius 1 is 0.750 bits per heavy atom. The lowest BCUT2D eigenvalue weighted by molar-refractivity contribution is 0.999. The first kappa shape index (κ1) is 11.3. The molecule has 0 nitrogen and oxygen atoms in total. The van der Waals surface area contributed by atoms with E-state index in [1.54, 1.807) is 0 Å². The van der Waals surface area contributed by atoms with Crippen molar-refractivity contribution >= 4 is 65.8 Å². The largest absolute Gasteiger partial charge is 0.0836 e. The standard InChI is InChI=1S/C12H6Br2Cl2/c13-11-5-1-3-7(15)10-8(16)4-2-6(9(5)10)12(11)14/h1-4,11-12H/t11-,12-/m0/s1. The zero-order valence-electron chi connectivity index (χ0n) is 7.98. The Morgan fingerprint density at radius 2 is 1.19 bits per heavy atom. The third-order valence-corrected chi connectivity index (χ3v) is 6.36. The van der Waals surface area contributed by atoms with Crippen molar-refractivity contribution in [2.24, 2.45) is 0 Å². The zero-order chi connectivity index (χ0) is 11.4. The molecule has 0 unspecified atom stereocenters. The molecule has 2 atom stereocenters. The molecule has 16 heavy (non-hydrogen) atoms. The number of benzene rings is 2. The second kappa shape index (κ2) is 3.88. The van der Waals surface area contributed by atoms with Crippen LogP contribution in [0.1, 0.15) is 20.8 Å². The van der Waals surface area contributed by atoms with Gasteiger partial charge in [0.25, 0.3) is 0 Å². The van der Waals surface area contributed by atoms with E-state index in [4.69, 9.17) is 23.2 Å². The van der Waals surface area contributed by atoms with E-state index in [1.807, 2.05) is 12.1 Å². The molecule has 82 valence electrons. The minimum atomic E-state index is 0.278. The third kappa shape index (κ3) is 1.40. The van der Waals surface area contributed by atoms with Gasteiger partial charge in [0.2, 0.25) is 0 Å². The average Bonchev–Trinajstić information content (AvgIpc) is 2.50. The van der Waals surface area contributed by atoms with E-state index in [2.05, 4.69) is 44.0 Å². The quantitative estimate of drug-likeness (QED) is 0.489. The summed E-state index contributed by atoms with van der Waals surface area (Å²) in [6.07, 6.45) is 0. The molecule has 0 saturated carbocycles. The molecule has 0 saturated heterocycles. The topological polar surface area (TPSA) is 0 Å². The van der Waals surface area contributed by atoms with Gasteiger partial charge in [-0.1, -0.05) is 67.2 Å². The van der Waals surface area contributed by atoms with Gasteiger partial charge in [-0.3, -0.25) is 0 Å². The van der Waals surface area contributed by atoms with Gasteiger partial charge in [-0.15, -0.1) is 0 Å². The number of halogens is 4. The Morgan fingerprint density at radius 3 is 1.62 bits per heavy atom. The normalized spacial score (nSPS) is 23.0. The van der Waals surface area contributed by atoms with Crippen molar-refractivity contribution in [2.75, 3.05) is 0 Å². The molecule has 1 aliphatic carbocycles. The maximum Gasteiger partial charge on any atom is 0.0567 e. The molecule has 0 N–H and O–H groups in total. The molecule has 0 heterocycles. The predicted molar refractivity (Wildman–Crippen MR) is 77.3 cm³/mol. The van der Waals surface area contributed by atoms with Gasteiger partial charge in [0.05, 0.1) is 9.65 Å². The Labute approximate surface area is 120 Å². The van der Waals surface area contributed by atoms with Crippen molar-refractivity contribution in [3.63, 3.8) is 0 Å². The first-order chi connectivity index (χ1) is 7.61. The SMILES string of the molecule is Clc1ccc2c3c(ccc(Cl)c13)[C@H](Br)[C@H]2Br. The maximum absolute atomic E-state index is 6.21. The fourth-order valence-corrected chi connectivity index (χ4v) is 4.14. The first-order valence-corrected chi connectivity index (χ1v) is 7.38. The van der Waals surface area contributed by atoms with Crippen LogP contribution in [-0.2, 0) is 0 Å². The fraction of sp³-hybridized carbons (Fsp3) is 0.167. The molecule has 2 aromatic carbocycles. The van der Waals surface area contributed by atoms with Crippen LogP contribution in [0.2, 0.25) is 10.0 Å². The van der Waals surface area contributed by atoms with Crippen molar-refractivity contribution in [3.8, 4) is 0 Å². The second-order valence-corrected chi connectivity index (χ2v) is 6.61. The molecule has 4 heteroatoms. The number of rotatable bonds is 0. The summed E-state index contributed by atoms with van der Waals surface area (Å²) >= 11 is 19.8. The van der Waals surface area contributed by atoms with Crippen LogP contribution in [0.5, 0.6) is 0 Å². The van der Waals surface area contributed by atoms with Gasteiger partial charge < -0.3 is 0 Å². The monoisotopic (exact) mass is 378 g/mol. The lowest BCUT2D eigenvalue weighted by atomic mass is 10.1. The fourth-order valence-electron chi connectivity index (χ4n) is 2.24. The summed E-state index contributed by atoms with van der Waals surface area (Å²) in [6.45, 7) is 0. The van der Waals surface area contributed by atoms with Crippen LogP contribution < -0.4 is 0 Å². The van der Waals surface area contributed by atoms with Crippen LogP contribution in [0.3, 0.4) is 0 Å². The lowest BCUT2D eigenvalue weighted by Crippen LogP contribution is -1.87. The molecule has 1 aliphatic rings. The Bertz CT molecular complexity index is 546. The minimum absolute atomic E-state index is 0.278. The summed E-state index contributed by atoms with van der Waals surface area (Å²) in [4.78, 5) is 0.557. The van der Waals surface area contributed by atoms with Crippen LogP contribution in [0.25, 0.3) is 10.8 Å². The molecule has 0 aromatic heterocycles. The van der Waals surface area contributed by atoms with E-state index < -0.39 is 0 Å². The summed E-state index contributed by atoms with van der Waals surface area (Å²) in [5.74, 6) is 0. The Kier molecular flexibility index (Phi) is 2.75. The molecule has 3 rings (SSSR count). The Balaban J connectivity index is 2.54. The average molecular weight is 381 g/mol. The molecule has 0 amide bonds. The van der Waals surface area contributed by atoms with Crippen molar-refractivity contribution in [1.29, 1.82) is 0 Å². The molecular weight excluding hydrogens is 375 g/mol. The summed E-state index contributed by atoms with van der Waals surface area (Å²) < 4.78 is 0. The van der Waals surface area contributed by atoms with Gasteiger partial charge in [-0.05, 0) is 28.6 Å². The van der Waals surface area contributed by atoms with Crippen LogP contribution in [0.15, 0.2) is 24.3 Å². The van der Waals surface area contributed by atoms with Crippen LogP contribution in [0.4, 0.5) is 0 Å². The van der Waals surface area contributed by atoms with E-state index in [0.29, 0.717) is 10.0 Å². The molecular formula is C12H6Br2Cl2. The van der Waals surface area contributed by atoms with Gasteiger partial charge in [-0.25, -0.2) is 0 Å². The summed E-state index contributed by atoms with van der Waals surface area (Å²) in [5.41, 5.74) is 2.50. The second-order valence-electron chi connectivity index (χ2n) is 3.83. The van der Waals surface area contributed by atoms with Crippen molar-refractivity contribution < 1.29 is 0 Å². The van der Waals surface area contributed by atoms with Crippen molar-refractivity contribution in [2.45, 2.75) is 9.65 Å². The highest BCUT2D eigenvalue weighted by Crippen LogP contribution is 2.54. The van der Waals surface area contributed by atoms with E-state index in [-0.39, 0.29) is 9.65 Å². The minimum Gasteiger partial charge on any atom is -0.0836 e. The number of hydrogen-bond acceptors (Lipinski definition) is 0. The highest BCUT2D eigenvalue weighted by Gasteiger charge is 2.31. The van der Waals surface area contributed by atoms with Gasteiger partial charge >= 0.3 is 0 Å². The molecule has 2 aromatic rings. The number of hydrogen-bond donors (Lipinski definition) is 0. The summed E-state index contributed by atoms with van der Waals surface area (Å²) in [6, 6.07) is 7.94. The van der Waals surface area contributed by atoms with E-state index in [9.17, 15) is 0 Å². The highest BCUT2D eigenvalue weighted by molar-refractivity contribution is 9.12. The molecule has 0 spiro atoms. The van der Waals surface area contributed by atoms with Gasteiger partial charge in [-0.2, -0.15) is 0 Å². The van der Waals surface area contributed by atoms with Gasteiger partial charge in [0.1, 0.15) is 0 Å². The summed E-state index contributed by atoms with van der Waals surface area (Å²) in [7, 11) is 0. The third-order valence-electron chi connectivity index (χ3n) is 2.97. The van der Waals surface area contributed by atoms with Crippen LogP contribution >= 0.6 is 55.1 Å². The van der Waals surface area contributed by atoms with E-state index >= 15 is 0 Å². The van der Waals surface area contributed by atoms with Crippen LogP contribution in [0, 0.1) is 0 Å². The maximum atomic E-state index is 6.21. The first-order valence-electron chi connectivity index (χ1n) is 4.80. The van der Waals surface area contributed by atoms with Gasteiger partial charge in [0.15, 0.2) is 0 Å². The summed E-state index contributed by atoms with van der Waals surface area (Å²) in [5, 5.41) is 3.58. The Hall–Kier alpha value is 0.240. The molecule has 0 fully saturated rings. The van der Waals surface area contributed by atoms with Crippen molar-refractivity contribution in [1.82, 2.24) is 0 Å².